The first kappa shape index (κ1) is 32.3. The molecule has 12 heteroatoms. The van der Waals surface area contributed by atoms with Crippen LogP contribution in [-0.4, -0.2) is 99.1 Å². The van der Waals surface area contributed by atoms with Crippen LogP contribution in [0.25, 0.3) is 0 Å². The van der Waals surface area contributed by atoms with Crippen molar-refractivity contribution in [1.82, 2.24) is 10.2 Å². The van der Waals surface area contributed by atoms with Gasteiger partial charge in [0.25, 0.3) is 0 Å². The highest BCUT2D eigenvalue weighted by Crippen LogP contribution is 2.37. The van der Waals surface area contributed by atoms with Crippen LogP contribution in [0.4, 0.5) is 0 Å². The molecule has 0 aromatic heterocycles. The molecule has 0 radical (unpaired) electrons. The van der Waals surface area contributed by atoms with Gasteiger partial charge >= 0.3 is 0 Å². The highest BCUT2D eigenvalue weighted by molar-refractivity contribution is 14.1. The fraction of sp³-hybridized carbons (Fsp3) is 0.414. The number of hydrogen-bond donors (Lipinski definition) is 3. The van der Waals surface area contributed by atoms with Crippen molar-refractivity contribution >= 4 is 40.7 Å². The Morgan fingerprint density at radius 2 is 1.88 bits per heavy atom. The number of aliphatic hydroxyl groups is 2. The minimum Gasteiger partial charge on any atom is -0.496 e. The Morgan fingerprint density at radius 3 is 2.54 bits per heavy atom. The Labute approximate surface area is 252 Å². The van der Waals surface area contributed by atoms with Crippen LogP contribution in [0.3, 0.4) is 0 Å². The minimum atomic E-state index is -1.24. The summed E-state index contributed by atoms with van der Waals surface area (Å²) in [5.41, 5.74) is 1.53. The van der Waals surface area contributed by atoms with Crippen LogP contribution in [0.5, 0.6) is 17.2 Å². The summed E-state index contributed by atoms with van der Waals surface area (Å²) in [4.78, 5) is 39.2. The van der Waals surface area contributed by atoms with E-state index < -0.39 is 24.2 Å². The molecule has 1 aliphatic rings. The molecular formula is C29H35IN2O9. The molecule has 0 spiro atoms. The summed E-state index contributed by atoms with van der Waals surface area (Å²) in [6, 6.07) is 9.71. The lowest BCUT2D eigenvalue weighted by Gasteiger charge is -2.40. The van der Waals surface area contributed by atoms with Gasteiger partial charge < -0.3 is 39.4 Å². The maximum absolute atomic E-state index is 13.3. The third-order valence-electron chi connectivity index (χ3n) is 6.66. The van der Waals surface area contributed by atoms with E-state index in [1.807, 2.05) is 46.9 Å². The van der Waals surface area contributed by atoms with E-state index in [2.05, 4.69) is 5.32 Å². The smallest absolute Gasteiger partial charge is 0.248 e. The number of benzene rings is 2. The van der Waals surface area contributed by atoms with Crippen molar-refractivity contribution < 1.29 is 43.5 Å². The Kier molecular flexibility index (Phi) is 12.4. The zero-order valence-electron chi connectivity index (χ0n) is 23.2. The van der Waals surface area contributed by atoms with Crippen LogP contribution in [0, 0.1) is 3.57 Å². The minimum absolute atomic E-state index is 0.0356. The standard InChI is InChI=1S/C29H35IN2O9/c1-38-17-26(35)32(10-8-19-6-4-5-7-23(19)39-2)22-14-20(29(37)31-9-11-33)15-24(27(22)36)41-28-21(30)12-18(16-34)13-25(28)40-3/h4-7,12-13,15-16,22,24,27,33,36H,8-11,14,17H2,1-3H3,(H,31,37)/t22-,24+,27+/m1/s1. The van der Waals surface area contributed by atoms with Gasteiger partial charge in [0, 0.05) is 37.8 Å². The quantitative estimate of drug-likeness (QED) is 0.201. The van der Waals surface area contributed by atoms with Crippen molar-refractivity contribution in [3.05, 3.63) is 62.7 Å². The van der Waals surface area contributed by atoms with E-state index in [-0.39, 0.29) is 55.7 Å². The van der Waals surface area contributed by atoms with Gasteiger partial charge in [0.2, 0.25) is 11.8 Å². The molecule has 0 aliphatic heterocycles. The molecule has 0 saturated carbocycles. The first-order chi connectivity index (χ1) is 19.8. The summed E-state index contributed by atoms with van der Waals surface area (Å²) in [7, 11) is 4.41. The van der Waals surface area contributed by atoms with Crippen LogP contribution in [-0.2, 0) is 20.7 Å². The number of aliphatic hydroxyl groups excluding tert-OH is 2. The van der Waals surface area contributed by atoms with Crippen molar-refractivity contribution in [3.63, 3.8) is 0 Å². The first-order valence-corrected chi connectivity index (χ1v) is 14.0. The number of methoxy groups -OCH3 is 3. The van der Waals surface area contributed by atoms with Crippen LogP contribution < -0.4 is 19.5 Å². The van der Waals surface area contributed by atoms with Crippen LogP contribution in [0.1, 0.15) is 22.3 Å². The van der Waals surface area contributed by atoms with Gasteiger partial charge in [-0.1, -0.05) is 18.2 Å². The Bertz CT molecular complexity index is 1250. The van der Waals surface area contributed by atoms with E-state index in [0.29, 0.717) is 27.6 Å². The molecule has 3 N–H and O–H groups in total. The van der Waals surface area contributed by atoms with E-state index in [4.69, 9.17) is 18.9 Å². The number of ether oxygens (including phenoxy) is 4. The van der Waals surface area contributed by atoms with Gasteiger partial charge in [-0.15, -0.1) is 0 Å². The third-order valence-corrected chi connectivity index (χ3v) is 7.46. The average molecular weight is 683 g/mol. The highest BCUT2D eigenvalue weighted by Gasteiger charge is 2.41. The topological polar surface area (TPSA) is 144 Å². The summed E-state index contributed by atoms with van der Waals surface area (Å²) in [6.07, 6.45) is 0.355. The molecule has 3 atom stereocenters. The molecule has 0 saturated heterocycles. The van der Waals surface area contributed by atoms with Crippen molar-refractivity contribution in [2.45, 2.75) is 31.1 Å². The summed E-state index contributed by atoms with van der Waals surface area (Å²) in [5, 5.41) is 23.5. The predicted molar refractivity (Wildman–Crippen MR) is 158 cm³/mol. The average Bonchev–Trinajstić information content (AvgIpc) is 2.98. The SMILES string of the molecule is COCC(=O)N(CCc1ccccc1OC)[C@@H]1CC(C(=O)NCCO)=C[C@H](Oc2c(I)cc(C=O)cc2OC)[C@H]1O. The Morgan fingerprint density at radius 1 is 1.15 bits per heavy atom. The number of halogens is 1. The normalized spacial score (nSPS) is 18.2. The number of carbonyl (C=O) groups is 3. The van der Waals surface area contributed by atoms with Gasteiger partial charge in [0.1, 0.15) is 30.9 Å². The Balaban J connectivity index is 2.00. The number of hydrogen-bond acceptors (Lipinski definition) is 9. The Hall–Kier alpha value is -3.20. The molecule has 0 unspecified atom stereocenters. The van der Waals surface area contributed by atoms with Gasteiger partial charge in [0.15, 0.2) is 11.5 Å². The molecular weight excluding hydrogens is 647 g/mol. The third kappa shape index (κ3) is 8.18. The van der Waals surface area contributed by atoms with Gasteiger partial charge in [0.05, 0.1) is 30.4 Å². The summed E-state index contributed by atoms with van der Waals surface area (Å²) < 4.78 is 22.8. The van der Waals surface area contributed by atoms with Crippen molar-refractivity contribution in [1.29, 1.82) is 0 Å². The zero-order valence-corrected chi connectivity index (χ0v) is 25.3. The van der Waals surface area contributed by atoms with E-state index >= 15 is 0 Å². The molecule has 2 amide bonds. The summed E-state index contributed by atoms with van der Waals surface area (Å²) in [5.74, 6) is 0.396. The van der Waals surface area contributed by atoms with E-state index in [0.717, 1.165) is 5.56 Å². The number of nitrogens with one attached hydrogen (secondary N) is 1. The fourth-order valence-corrected chi connectivity index (χ4v) is 5.42. The van der Waals surface area contributed by atoms with Crippen molar-refractivity contribution in [2.24, 2.45) is 0 Å². The molecule has 11 nitrogen and oxygen atoms in total. The molecule has 3 rings (SSSR count). The van der Waals surface area contributed by atoms with Crippen molar-refractivity contribution in [3.8, 4) is 17.2 Å². The monoisotopic (exact) mass is 682 g/mol. The van der Waals surface area contributed by atoms with Crippen LogP contribution in [0.15, 0.2) is 48.0 Å². The van der Waals surface area contributed by atoms with Crippen LogP contribution in [0.2, 0.25) is 0 Å². The maximum atomic E-state index is 13.3. The molecule has 2 aromatic carbocycles. The zero-order chi connectivity index (χ0) is 29.9. The van der Waals surface area contributed by atoms with Crippen molar-refractivity contribution in [2.75, 3.05) is 47.6 Å². The second kappa shape index (κ2) is 15.7. The maximum Gasteiger partial charge on any atom is 0.248 e. The number of rotatable bonds is 14. The van der Waals surface area contributed by atoms with Gasteiger partial charge in [-0.3, -0.25) is 14.4 Å². The van der Waals surface area contributed by atoms with E-state index in [1.165, 1.54) is 31.3 Å². The van der Waals surface area contributed by atoms with E-state index in [1.54, 1.807) is 13.2 Å². The van der Waals surface area contributed by atoms with E-state index in [9.17, 15) is 24.6 Å². The lowest BCUT2D eigenvalue weighted by atomic mass is 9.88. The number of aldehydes is 1. The van der Waals surface area contributed by atoms with Gasteiger partial charge in [-0.2, -0.15) is 0 Å². The molecule has 0 bridgehead atoms. The number of carbonyl (C=O) groups excluding carboxylic acids is 3. The largest absolute Gasteiger partial charge is 0.496 e. The molecule has 222 valence electrons. The first-order valence-electron chi connectivity index (χ1n) is 12.9. The van der Waals surface area contributed by atoms with Crippen LogP contribution >= 0.6 is 22.6 Å². The molecule has 41 heavy (non-hydrogen) atoms. The number of nitrogens with zero attached hydrogens (tertiary/aromatic N) is 1. The molecule has 0 fully saturated rings. The fourth-order valence-electron chi connectivity index (χ4n) is 4.67. The summed E-state index contributed by atoms with van der Waals surface area (Å²) in [6.45, 7) is -0.235. The second-order valence-corrected chi connectivity index (χ2v) is 10.4. The lowest BCUT2D eigenvalue weighted by Crippen LogP contribution is -2.56. The number of amides is 2. The molecule has 0 heterocycles. The second-order valence-electron chi connectivity index (χ2n) is 9.25. The molecule has 1 aliphatic carbocycles. The van der Waals surface area contributed by atoms with Gasteiger partial charge in [-0.05, 0) is 58.9 Å². The van der Waals surface area contributed by atoms with Gasteiger partial charge in [-0.25, -0.2) is 0 Å². The highest BCUT2D eigenvalue weighted by atomic mass is 127. The molecule has 2 aromatic rings. The summed E-state index contributed by atoms with van der Waals surface area (Å²) >= 11 is 2.00. The predicted octanol–water partition coefficient (Wildman–Crippen LogP) is 1.75. The lowest BCUT2D eigenvalue weighted by molar-refractivity contribution is -0.142. The number of para-hydroxylation sites is 1.